The summed E-state index contributed by atoms with van der Waals surface area (Å²) in [6.07, 6.45) is 0. The highest BCUT2D eigenvalue weighted by molar-refractivity contribution is 8.13. The molecule has 1 atom stereocenters. The van der Waals surface area contributed by atoms with Crippen LogP contribution in [0, 0.1) is 0 Å². The van der Waals surface area contributed by atoms with Crippen molar-refractivity contribution in [2.24, 2.45) is 4.99 Å². The maximum absolute atomic E-state index is 12.9. The SMILES string of the molecule is CCOC(=O)C1=C(C)NC(SCc2ccc(Cl)cc2Cl)=N[C@H]1c1cc(OC)c(OC)c(OC)c1. The molecule has 0 aliphatic carbocycles. The number of thioether (sulfide) groups is 1. The Morgan fingerprint density at radius 2 is 1.76 bits per heavy atom. The Bertz CT molecular complexity index is 1110. The number of methoxy groups -OCH3 is 3. The molecule has 1 aliphatic heterocycles. The molecule has 10 heteroatoms. The second kappa shape index (κ2) is 11.7. The van der Waals surface area contributed by atoms with Gasteiger partial charge in [-0.15, -0.1) is 0 Å². The van der Waals surface area contributed by atoms with Crippen LogP contribution in [0.5, 0.6) is 17.2 Å². The van der Waals surface area contributed by atoms with Crippen molar-refractivity contribution in [3.05, 3.63) is 62.8 Å². The molecule has 2 aromatic carbocycles. The molecule has 0 amide bonds. The number of carbonyl (C=O) groups excluding carboxylic acids is 1. The van der Waals surface area contributed by atoms with Crippen LogP contribution < -0.4 is 19.5 Å². The second-order valence-corrected chi connectivity index (χ2v) is 9.01. The molecule has 182 valence electrons. The number of hydrogen-bond donors (Lipinski definition) is 1. The van der Waals surface area contributed by atoms with E-state index in [0.29, 0.717) is 55.0 Å². The first-order chi connectivity index (χ1) is 16.3. The molecule has 1 aliphatic rings. The lowest BCUT2D eigenvalue weighted by atomic mass is 9.96. The third-order valence-corrected chi connectivity index (χ3v) is 6.62. The third kappa shape index (κ3) is 5.74. The molecule has 0 radical (unpaired) electrons. The first-order valence-corrected chi connectivity index (χ1v) is 12.2. The summed E-state index contributed by atoms with van der Waals surface area (Å²) in [4.78, 5) is 17.7. The van der Waals surface area contributed by atoms with E-state index in [-0.39, 0.29) is 6.61 Å². The van der Waals surface area contributed by atoms with Gasteiger partial charge in [0.2, 0.25) is 5.75 Å². The summed E-state index contributed by atoms with van der Waals surface area (Å²) in [6, 6.07) is 8.30. The average Bonchev–Trinajstić information content (AvgIpc) is 2.82. The Morgan fingerprint density at radius 3 is 2.32 bits per heavy atom. The lowest BCUT2D eigenvalue weighted by Crippen LogP contribution is -2.30. The first-order valence-electron chi connectivity index (χ1n) is 10.4. The Hall–Kier alpha value is -2.55. The van der Waals surface area contributed by atoms with E-state index in [4.69, 9.17) is 47.1 Å². The fourth-order valence-electron chi connectivity index (χ4n) is 3.48. The smallest absolute Gasteiger partial charge is 0.338 e. The van der Waals surface area contributed by atoms with E-state index >= 15 is 0 Å². The molecule has 7 nitrogen and oxygen atoms in total. The van der Waals surface area contributed by atoms with Crippen LogP contribution in [-0.2, 0) is 15.3 Å². The van der Waals surface area contributed by atoms with Crippen molar-refractivity contribution in [1.29, 1.82) is 0 Å². The second-order valence-electron chi connectivity index (χ2n) is 7.20. The summed E-state index contributed by atoms with van der Waals surface area (Å²) in [6.45, 7) is 3.83. The zero-order valence-electron chi connectivity index (χ0n) is 19.5. The molecule has 0 spiro atoms. The van der Waals surface area contributed by atoms with E-state index in [0.717, 1.165) is 5.56 Å². The van der Waals surface area contributed by atoms with Crippen LogP contribution >= 0.6 is 35.0 Å². The molecule has 0 aromatic heterocycles. The number of benzene rings is 2. The van der Waals surface area contributed by atoms with Crippen LogP contribution in [0.3, 0.4) is 0 Å². The molecule has 1 N–H and O–H groups in total. The number of rotatable bonds is 8. The topological polar surface area (TPSA) is 78.4 Å². The summed E-state index contributed by atoms with van der Waals surface area (Å²) in [5.74, 6) is 1.50. The summed E-state index contributed by atoms with van der Waals surface area (Å²) in [5.41, 5.74) is 2.67. The van der Waals surface area contributed by atoms with Gasteiger partial charge in [-0.05, 0) is 49.2 Å². The predicted molar refractivity (Wildman–Crippen MR) is 136 cm³/mol. The number of hydrogen-bond acceptors (Lipinski definition) is 8. The quantitative estimate of drug-likeness (QED) is 0.437. The van der Waals surface area contributed by atoms with E-state index in [1.165, 1.54) is 33.1 Å². The van der Waals surface area contributed by atoms with Gasteiger partial charge in [-0.3, -0.25) is 0 Å². The van der Waals surface area contributed by atoms with E-state index < -0.39 is 12.0 Å². The van der Waals surface area contributed by atoms with Gasteiger partial charge in [0, 0.05) is 21.5 Å². The number of carbonyl (C=O) groups is 1. The van der Waals surface area contributed by atoms with Crippen LogP contribution in [-0.4, -0.2) is 39.1 Å². The lowest BCUT2D eigenvalue weighted by Gasteiger charge is -2.26. The number of allylic oxidation sites excluding steroid dienone is 1. The zero-order chi connectivity index (χ0) is 24.8. The third-order valence-electron chi connectivity index (χ3n) is 5.10. The minimum absolute atomic E-state index is 0.248. The molecule has 34 heavy (non-hydrogen) atoms. The first kappa shape index (κ1) is 26.1. The molecule has 0 bridgehead atoms. The number of ether oxygens (including phenoxy) is 4. The number of amidine groups is 1. The van der Waals surface area contributed by atoms with Gasteiger partial charge in [-0.25, -0.2) is 9.79 Å². The van der Waals surface area contributed by atoms with Gasteiger partial charge in [0.1, 0.15) is 6.04 Å². The number of halogens is 2. The van der Waals surface area contributed by atoms with Crippen molar-refractivity contribution >= 4 is 46.1 Å². The van der Waals surface area contributed by atoms with Gasteiger partial charge >= 0.3 is 5.97 Å². The summed E-state index contributed by atoms with van der Waals surface area (Å²) < 4.78 is 21.8. The highest BCUT2D eigenvalue weighted by Gasteiger charge is 2.32. The summed E-state index contributed by atoms with van der Waals surface area (Å²) in [5, 5.41) is 5.01. The minimum atomic E-state index is -0.641. The number of aliphatic imine (C=N–C) groups is 1. The van der Waals surface area contributed by atoms with Gasteiger partial charge in [0.05, 0.1) is 33.5 Å². The number of nitrogens with zero attached hydrogens (tertiary/aromatic N) is 1. The fraction of sp³-hybridized carbons (Fsp3) is 0.333. The lowest BCUT2D eigenvalue weighted by molar-refractivity contribution is -0.138. The highest BCUT2D eigenvalue weighted by Crippen LogP contribution is 2.43. The largest absolute Gasteiger partial charge is 0.493 e. The normalized spacial score (nSPS) is 15.4. The summed E-state index contributed by atoms with van der Waals surface area (Å²) in [7, 11) is 4.61. The maximum atomic E-state index is 12.9. The molecule has 0 fully saturated rings. The molecule has 2 aromatic rings. The average molecular weight is 525 g/mol. The Labute approximate surface area is 213 Å². The Kier molecular flexibility index (Phi) is 8.99. The standard InChI is InChI=1S/C24H26Cl2N2O5S/c1-6-33-23(29)20-13(2)27-24(34-12-14-7-8-16(25)11-17(14)26)28-21(20)15-9-18(30-3)22(32-5)19(10-15)31-4/h7-11,21H,6,12H2,1-5H3,(H,27,28)/t21-/m0/s1. The van der Waals surface area contributed by atoms with E-state index in [2.05, 4.69) is 5.32 Å². The van der Waals surface area contributed by atoms with Crippen LogP contribution in [0.1, 0.15) is 31.0 Å². The molecular formula is C24H26Cl2N2O5S. The van der Waals surface area contributed by atoms with E-state index in [1.807, 2.05) is 13.0 Å². The minimum Gasteiger partial charge on any atom is -0.493 e. The molecule has 0 saturated heterocycles. The van der Waals surface area contributed by atoms with E-state index in [1.54, 1.807) is 31.2 Å². The Balaban J connectivity index is 2.02. The monoisotopic (exact) mass is 524 g/mol. The van der Waals surface area contributed by atoms with E-state index in [9.17, 15) is 4.79 Å². The van der Waals surface area contributed by atoms with Crippen LogP contribution in [0.4, 0.5) is 0 Å². The van der Waals surface area contributed by atoms with Crippen molar-refractivity contribution in [3.8, 4) is 17.2 Å². The highest BCUT2D eigenvalue weighted by atomic mass is 35.5. The van der Waals surface area contributed by atoms with Crippen LogP contribution in [0.25, 0.3) is 0 Å². The van der Waals surface area contributed by atoms with Crippen molar-refractivity contribution in [1.82, 2.24) is 5.32 Å². The molecule has 0 unspecified atom stereocenters. The molecule has 1 heterocycles. The van der Waals surface area contributed by atoms with Crippen molar-refractivity contribution in [2.75, 3.05) is 27.9 Å². The Morgan fingerprint density at radius 1 is 1.09 bits per heavy atom. The van der Waals surface area contributed by atoms with Gasteiger partial charge in [-0.2, -0.15) is 0 Å². The predicted octanol–water partition coefficient (Wildman–Crippen LogP) is 5.79. The van der Waals surface area contributed by atoms with Crippen molar-refractivity contribution in [2.45, 2.75) is 25.6 Å². The summed E-state index contributed by atoms with van der Waals surface area (Å²) >= 11 is 13.8. The van der Waals surface area contributed by atoms with Crippen LogP contribution in [0.15, 0.2) is 46.6 Å². The molecule has 3 rings (SSSR count). The van der Waals surface area contributed by atoms with Gasteiger partial charge < -0.3 is 24.3 Å². The zero-order valence-corrected chi connectivity index (χ0v) is 21.9. The maximum Gasteiger partial charge on any atom is 0.338 e. The van der Waals surface area contributed by atoms with Crippen LogP contribution in [0.2, 0.25) is 10.0 Å². The number of nitrogens with one attached hydrogen (secondary N) is 1. The van der Waals surface area contributed by atoms with Crippen molar-refractivity contribution < 1.29 is 23.7 Å². The number of esters is 1. The van der Waals surface area contributed by atoms with Gasteiger partial charge in [-0.1, -0.05) is 41.0 Å². The van der Waals surface area contributed by atoms with Crippen molar-refractivity contribution in [3.63, 3.8) is 0 Å². The van der Waals surface area contributed by atoms with Gasteiger partial charge in [0.15, 0.2) is 16.7 Å². The van der Waals surface area contributed by atoms with Gasteiger partial charge in [0.25, 0.3) is 0 Å². The molecular weight excluding hydrogens is 499 g/mol. The fourth-order valence-corrected chi connectivity index (χ4v) is 4.98. The molecule has 0 saturated carbocycles.